The van der Waals surface area contributed by atoms with Gasteiger partial charge in [-0.05, 0) is 24.3 Å². The van der Waals surface area contributed by atoms with Gasteiger partial charge in [0.15, 0.2) is 11.5 Å². The fraction of sp³-hybridized carbons (Fsp3) is 0.167. The molecule has 0 radical (unpaired) electrons. The van der Waals surface area contributed by atoms with Crippen LogP contribution in [0.15, 0.2) is 41.5 Å². The number of anilines is 1. The van der Waals surface area contributed by atoms with Gasteiger partial charge >= 0.3 is 0 Å². The predicted molar refractivity (Wildman–Crippen MR) is 105 cm³/mol. The molecule has 7 nitrogen and oxygen atoms in total. The number of hydrogen-bond donors (Lipinski definition) is 2. The average molecular weight is 410 g/mol. The fourth-order valence-electron chi connectivity index (χ4n) is 2.17. The number of methoxy groups -OCH3 is 2. The van der Waals surface area contributed by atoms with E-state index in [4.69, 9.17) is 32.7 Å². The van der Waals surface area contributed by atoms with Gasteiger partial charge in [-0.2, -0.15) is 5.10 Å². The van der Waals surface area contributed by atoms with Crippen molar-refractivity contribution in [3.8, 4) is 11.5 Å². The van der Waals surface area contributed by atoms with Crippen molar-refractivity contribution in [2.45, 2.75) is 6.42 Å². The summed E-state index contributed by atoms with van der Waals surface area (Å²) in [4.78, 5) is 23.8. The summed E-state index contributed by atoms with van der Waals surface area (Å²) in [7, 11) is 3.02. The molecule has 0 unspecified atom stereocenters. The van der Waals surface area contributed by atoms with Gasteiger partial charge in [-0.3, -0.25) is 9.59 Å². The van der Waals surface area contributed by atoms with E-state index in [-0.39, 0.29) is 5.02 Å². The third-order valence-electron chi connectivity index (χ3n) is 3.37. The van der Waals surface area contributed by atoms with Gasteiger partial charge in [0, 0.05) is 5.56 Å². The molecule has 0 atom stereocenters. The Hall–Kier alpha value is -2.77. The van der Waals surface area contributed by atoms with Gasteiger partial charge in [-0.15, -0.1) is 0 Å². The van der Waals surface area contributed by atoms with Crippen LogP contribution in [0.3, 0.4) is 0 Å². The Morgan fingerprint density at radius 3 is 2.52 bits per heavy atom. The summed E-state index contributed by atoms with van der Waals surface area (Å²) < 4.78 is 10.4. The van der Waals surface area contributed by atoms with Gasteiger partial charge in [0.2, 0.25) is 11.8 Å². The van der Waals surface area contributed by atoms with Crippen molar-refractivity contribution in [2.75, 3.05) is 19.5 Å². The van der Waals surface area contributed by atoms with Crippen molar-refractivity contribution < 1.29 is 19.1 Å². The van der Waals surface area contributed by atoms with Crippen LogP contribution in [0.4, 0.5) is 5.69 Å². The molecule has 0 aliphatic heterocycles. The minimum absolute atomic E-state index is 0.205. The summed E-state index contributed by atoms with van der Waals surface area (Å²) in [5.41, 5.74) is 3.21. The maximum Gasteiger partial charge on any atom is 0.249 e. The van der Waals surface area contributed by atoms with Crippen molar-refractivity contribution >= 4 is 46.9 Å². The van der Waals surface area contributed by atoms with Gasteiger partial charge in [-0.25, -0.2) is 5.43 Å². The lowest BCUT2D eigenvalue weighted by atomic mass is 10.2. The quantitative estimate of drug-likeness (QED) is 0.416. The zero-order valence-electron chi connectivity index (χ0n) is 14.6. The number of nitrogens with zero attached hydrogens (tertiary/aromatic N) is 1. The van der Waals surface area contributed by atoms with Crippen LogP contribution in [-0.2, 0) is 9.59 Å². The SMILES string of the molecule is COc1cccc(C=NNC(=O)CC(=O)Nc2cccc(Cl)c2Cl)c1OC. The Kier molecular flexibility index (Phi) is 7.45. The van der Waals surface area contributed by atoms with Gasteiger partial charge in [0.05, 0.1) is 36.2 Å². The first-order valence-electron chi connectivity index (χ1n) is 7.73. The lowest BCUT2D eigenvalue weighted by Crippen LogP contribution is -2.24. The number of carbonyl (C=O) groups excluding carboxylic acids is 2. The molecule has 2 aromatic rings. The van der Waals surface area contributed by atoms with E-state index in [0.29, 0.717) is 27.8 Å². The molecule has 2 aromatic carbocycles. The Bertz CT molecular complexity index is 872. The normalized spacial score (nSPS) is 10.5. The standard InChI is InChI=1S/C18H17Cl2N3O4/c1-26-14-8-3-5-11(18(14)27-2)10-21-23-16(25)9-15(24)22-13-7-4-6-12(19)17(13)20/h3-8,10H,9H2,1-2H3,(H,22,24)(H,23,25). The maximum absolute atomic E-state index is 11.9. The third kappa shape index (κ3) is 5.60. The lowest BCUT2D eigenvalue weighted by Gasteiger charge is -2.09. The summed E-state index contributed by atoms with van der Waals surface area (Å²) in [6.07, 6.45) is 0.959. The largest absolute Gasteiger partial charge is 0.493 e. The molecule has 2 rings (SSSR count). The van der Waals surface area contributed by atoms with Crippen molar-refractivity contribution in [1.82, 2.24) is 5.43 Å². The molecular formula is C18H17Cl2N3O4. The molecule has 0 bridgehead atoms. The van der Waals surface area contributed by atoms with Crippen LogP contribution in [0.2, 0.25) is 10.0 Å². The topological polar surface area (TPSA) is 89.0 Å². The molecule has 0 aromatic heterocycles. The van der Waals surface area contributed by atoms with E-state index in [1.54, 1.807) is 36.4 Å². The second-order valence-corrected chi connectivity index (χ2v) is 5.99. The Balaban J connectivity index is 1.93. The highest BCUT2D eigenvalue weighted by Gasteiger charge is 2.12. The molecule has 2 N–H and O–H groups in total. The van der Waals surface area contributed by atoms with Crippen molar-refractivity contribution in [1.29, 1.82) is 0 Å². The minimum Gasteiger partial charge on any atom is -0.493 e. The number of hydrazone groups is 1. The number of halogens is 2. The molecule has 0 saturated carbocycles. The molecule has 2 amide bonds. The van der Waals surface area contributed by atoms with Crippen LogP contribution in [0, 0.1) is 0 Å². The van der Waals surface area contributed by atoms with Gasteiger partial charge < -0.3 is 14.8 Å². The van der Waals surface area contributed by atoms with Crippen LogP contribution in [0.5, 0.6) is 11.5 Å². The fourth-order valence-corrected chi connectivity index (χ4v) is 2.52. The number of amides is 2. The van der Waals surface area contributed by atoms with E-state index in [0.717, 1.165) is 0 Å². The van der Waals surface area contributed by atoms with Crippen molar-refractivity contribution in [3.05, 3.63) is 52.0 Å². The molecule has 27 heavy (non-hydrogen) atoms. The number of rotatable bonds is 7. The minimum atomic E-state index is -0.594. The van der Waals surface area contributed by atoms with Crippen molar-refractivity contribution in [2.24, 2.45) is 5.10 Å². The van der Waals surface area contributed by atoms with Gasteiger partial charge in [-0.1, -0.05) is 35.3 Å². The van der Waals surface area contributed by atoms with Gasteiger partial charge in [0.25, 0.3) is 0 Å². The molecular weight excluding hydrogens is 393 g/mol. The summed E-state index contributed by atoms with van der Waals surface area (Å²) in [5, 5.41) is 6.86. The number of hydrogen-bond acceptors (Lipinski definition) is 5. The van der Waals surface area contributed by atoms with Crippen molar-refractivity contribution in [3.63, 3.8) is 0 Å². The number of benzene rings is 2. The van der Waals surface area contributed by atoms with E-state index in [1.165, 1.54) is 20.4 Å². The predicted octanol–water partition coefficient (Wildman–Crippen LogP) is 3.49. The number of nitrogens with one attached hydrogen (secondary N) is 2. The molecule has 0 saturated heterocycles. The first-order chi connectivity index (χ1) is 13.0. The first kappa shape index (κ1) is 20.5. The summed E-state index contributed by atoms with van der Waals surface area (Å²) in [6.45, 7) is 0. The third-order valence-corrected chi connectivity index (χ3v) is 4.19. The second-order valence-electron chi connectivity index (χ2n) is 5.20. The first-order valence-corrected chi connectivity index (χ1v) is 8.48. The highest BCUT2D eigenvalue weighted by Crippen LogP contribution is 2.30. The summed E-state index contributed by atoms with van der Waals surface area (Å²) >= 11 is 11.9. The molecule has 0 heterocycles. The van der Waals surface area contributed by atoms with Gasteiger partial charge in [0.1, 0.15) is 6.42 Å². The van der Waals surface area contributed by atoms with Crippen LogP contribution >= 0.6 is 23.2 Å². The zero-order valence-corrected chi connectivity index (χ0v) is 16.1. The maximum atomic E-state index is 11.9. The van der Waals surface area contributed by atoms with Crippen LogP contribution in [0.25, 0.3) is 0 Å². The lowest BCUT2D eigenvalue weighted by molar-refractivity contribution is -0.126. The zero-order chi connectivity index (χ0) is 19.8. The molecule has 0 aliphatic rings. The van der Waals surface area contributed by atoms with E-state index < -0.39 is 18.2 Å². The molecule has 0 aliphatic carbocycles. The Morgan fingerprint density at radius 1 is 1.07 bits per heavy atom. The smallest absolute Gasteiger partial charge is 0.249 e. The Labute approximate surface area is 166 Å². The second kappa shape index (κ2) is 9.80. The van der Waals surface area contributed by atoms with Crippen LogP contribution in [-0.4, -0.2) is 32.2 Å². The van der Waals surface area contributed by atoms with E-state index in [9.17, 15) is 9.59 Å². The Morgan fingerprint density at radius 2 is 1.81 bits per heavy atom. The van der Waals surface area contributed by atoms with E-state index in [2.05, 4.69) is 15.8 Å². The molecule has 9 heteroatoms. The van der Waals surface area contributed by atoms with E-state index >= 15 is 0 Å². The number of ether oxygens (including phenoxy) is 2. The molecule has 0 spiro atoms. The number of para-hydroxylation sites is 1. The van der Waals surface area contributed by atoms with E-state index in [1.807, 2.05) is 0 Å². The summed E-state index contributed by atoms with van der Waals surface area (Å²) in [5.74, 6) is -0.133. The highest BCUT2D eigenvalue weighted by atomic mass is 35.5. The summed E-state index contributed by atoms with van der Waals surface area (Å²) in [6, 6.07) is 10.0. The highest BCUT2D eigenvalue weighted by molar-refractivity contribution is 6.44. The van der Waals surface area contributed by atoms with Crippen LogP contribution < -0.4 is 20.2 Å². The monoisotopic (exact) mass is 409 g/mol. The molecule has 0 fully saturated rings. The number of carbonyl (C=O) groups is 2. The molecule has 142 valence electrons. The van der Waals surface area contributed by atoms with Crippen LogP contribution in [0.1, 0.15) is 12.0 Å². The average Bonchev–Trinajstić information content (AvgIpc) is 2.65.